The molecule has 0 unspecified atom stereocenters. The van der Waals surface area contributed by atoms with Gasteiger partial charge in [-0.25, -0.2) is 0 Å². The van der Waals surface area contributed by atoms with Crippen molar-refractivity contribution in [2.75, 3.05) is 13.1 Å². The Morgan fingerprint density at radius 2 is 1.84 bits per heavy atom. The molecule has 25 heavy (non-hydrogen) atoms. The highest BCUT2D eigenvalue weighted by Crippen LogP contribution is 2.27. The summed E-state index contributed by atoms with van der Waals surface area (Å²) in [6, 6.07) is 6.11. The Balaban J connectivity index is 1.37. The first-order valence-electron chi connectivity index (χ1n) is 8.76. The molecule has 130 valence electrons. The molecular formula is C18H23N7. The molecule has 0 radical (unpaired) electrons. The Bertz CT molecular complexity index is 786. The van der Waals surface area contributed by atoms with Gasteiger partial charge in [0, 0.05) is 44.3 Å². The zero-order valence-electron chi connectivity index (χ0n) is 14.5. The zero-order valence-corrected chi connectivity index (χ0v) is 14.5. The van der Waals surface area contributed by atoms with Crippen molar-refractivity contribution in [1.82, 2.24) is 34.4 Å². The fraction of sp³-hybridized carbons (Fsp3) is 0.444. The van der Waals surface area contributed by atoms with Crippen molar-refractivity contribution in [1.29, 1.82) is 0 Å². The first-order valence-corrected chi connectivity index (χ1v) is 8.76. The molecular weight excluding hydrogens is 314 g/mol. The smallest absolute Gasteiger partial charge is 0.154 e. The van der Waals surface area contributed by atoms with Gasteiger partial charge in [-0.15, -0.1) is 10.2 Å². The lowest BCUT2D eigenvalue weighted by molar-refractivity contribution is 0.200. The van der Waals surface area contributed by atoms with Gasteiger partial charge < -0.3 is 4.57 Å². The number of hydrogen-bond acceptors (Lipinski definition) is 5. The minimum absolute atomic E-state index is 0.484. The number of hydrogen-bond donors (Lipinski definition) is 0. The van der Waals surface area contributed by atoms with Crippen LogP contribution >= 0.6 is 0 Å². The third-order valence-electron chi connectivity index (χ3n) is 4.97. The van der Waals surface area contributed by atoms with E-state index < -0.39 is 0 Å². The molecule has 7 nitrogen and oxygen atoms in total. The highest BCUT2D eigenvalue weighted by Gasteiger charge is 2.25. The third kappa shape index (κ3) is 3.61. The predicted molar refractivity (Wildman–Crippen MR) is 93.8 cm³/mol. The maximum atomic E-state index is 4.47. The van der Waals surface area contributed by atoms with E-state index in [1.54, 1.807) is 6.20 Å². The number of piperidine rings is 1. The summed E-state index contributed by atoms with van der Waals surface area (Å²) >= 11 is 0. The van der Waals surface area contributed by atoms with Gasteiger partial charge in [0.2, 0.25) is 0 Å². The van der Waals surface area contributed by atoms with Crippen LogP contribution in [0.2, 0.25) is 0 Å². The molecule has 1 fully saturated rings. The lowest BCUT2D eigenvalue weighted by atomic mass is 9.95. The van der Waals surface area contributed by atoms with Crippen molar-refractivity contribution < 1.29 is 0 Å². The first-order chi connectivity index (χ1) is 12.3. The predicted octanol–water partition coefficient (Wildman–Crippen LogP) is 1.83. The number of pyridine rings is 1. The van der Waals surface area contributed by atoms with Crippen molar-refractivity contribution in [3.05, 3.63) is 60.2 Å². The normalized spacial score (nSPS) is 16.4. The van der Waals surface area contributed by atoms with Gasteiger partial charge in [-0.05, 0) is 49.7 Å². The van der Waals surface area contributed by atoms with Gasteiger partial charge in [0.15, 0.2) is 5.82 Å². The van der Waals surface area contributed by atoms with Gasteiger partial charge in [-0.3, -0.25) is 14.6 Å². The van der Waals surface area contributed by atoms with E-state index in [4.69, 9.17) is 0 Å². The van der Waals surface area contributed by atoms with Gasteiger partial charge in [0.25, 0.3) is 0 Å². The quantitative estimate of drug-likeness (QED) is 0.711. The second-order valence-corrected chi connectivity index (χ2v) is 6.64. The Labute approximate surface area is 147 Å². The van der Waals surface area contributed by atoms with Crippen LogP contribution in [0.25, 0.3) is 0 Å². The van der Waals surface area contributed by atoms with Gasteiger partial charge >= 0.3 is 0 Å². The summed E-state index contributed by atoms with van der Waals surface area (Å²) in [5, 5.41) is 13.1. The van der Waals surface area contributed by atoms with E-state index in [1.807, 2.05) is 29.3 Å². The van der Waals surface area contributed by atoms with Crippen LogP contribution in [0.4, 0.5) is 0 Å². The Morgan fingerprint density at radius 3 is 2.56 bits per heavy atom. The standard InChI is InChI=1S/C18H23N7/c1-23-17(14-25-10-2-7-20-25)21-22-18(23)16-5-11-24(12-6-16)13-15-3-8-19-9-4-15/h2-4,7-10,16H,5-6,11-14H2,1H3. The molecule has 0 bridgehead atoms. The van der Waals surface area contributed by atoms with Gasteiger partial charge in [-0.2, -0.15) is 5.10 Å². The second-order valence-electron chi connectivity index (χ2n) is 6.64. The molecule has 1 saturated heterocycles. The van der Waals surface area contributed by atoms with Crippen molar-refractivity contribution in [3.8, 4) is 0 Å². The number of nitrogens with zero attached hydrogens (tertiary/aromatic N) is 7. The van der Waals surface area contributed by atoms with Crippen molar-refractivity contribution in [3.63, 3.8) is 0 Å². The monoisotopic (exact) mass is 337 g/mol. The molecule has 7 heteroatoms. The molecule has 0 aromatic carbocycles. The van der Waals surface area contributed by atoms with Crippen LogP contribution in [0.1, 0.15) is 36.0 Å². The van der Waals surface area contributed by atoms with E-state index in [0.717, 1.165) is 44.1 Å². The number of aromatic nitrogens is 6. The largest absolute Gasteiger partial charge is 0.316 e. The zero-order chi connectivity index (χ0) is 17.1. The highest BCUT2D eigenvalue weighted by atomic mass is 15.3. The van der Waals surface area contributed by atoms with E-state index in [0.29, 0.717) is 12.5 Å². The summed E-state index contributed by atoms with van der Waals surface area (Å²) < 4.78 is 4.02. The molecule has 4 rings (SSSR count). The van der Waals surface area contributed by atoms with Gasteiger partial charge in [-0.1, -0.05) is 0 Å². The molecule has 0 aliphatic carbocycles. The van der Waals surface area contributed by atoms with E-state index in [2.05, 4.69) is 48.9 Å². The maximum Gasteiger partial charge on any atom is 0.154 e. The first kappa shape index (κ1) is 16.0. The van der Waals surface area contributed by atoms with Crippen LogP contribution in [0.3, 0.4) is 0 Å². The molecule has 0 atom stereocenters. The lowest BCUT2D eigenvalue weighted by Crippen LogP contribution is -2.33. The van der Waals surface area contributed by atoms with Crippen molar-refractivity contribution in [2.45, 2.75) is 31.8 Å². The summed E-state index contributed by atoms with van der Waals surface area (Å²) in [4.78, 5) is 6.59. The van der Waals surface area contributed by atoms with Crippen LogP contribution in [0.15, 0.2) is 43.0 Å². The minimum Gasteiger partial charge on any atom is -0.316 e. The lowest BCUT2D eigenvalue weighted by Gasteiger charge is -2.31. The van der Waals surface area contributed by atoms with E-state index >= 15 is 0 Å². The van der Waals surface area contributed by atoms with Crippen LogP contribution < -0.4 is 0 Å². The van der Waals surface area contributed by atoms with Gasteiger partial charge in [0.05, 0.1) is 0 Å². The molecule has 0 amide bonds. The number of likely N-dealkylation sites (tertiary alicyclic amines) is 1. The maximum absolute atomic E-state index is 4.47. The summed E-state index contributed by atoms with van der Waals surface area (Å²) in [7, 11) is 2.07. The Hall–Kier alpha value is -2.54. The summed E-state index contributed by atoms with van der Waals surface area (Å²) in [6.45, 7) is 3.85. The Morgan fingerprint density at radius 1 is 1.04 bits per heavy atom. The molecule has 3 aromatic rings. The highest BCUT2D eigenvalue weighted by molar-refractivity contribution is 5.10. The van der Waals surface area contributed by atoms with E-state index in [-0.39, 0.29) is 0 Å². The minimum atomic E-state index is 0.484. The summed E-state index contributed by atoms with van der Waals surface area (Å²) in [5.74, 6) is 2.54. The molecule has 3 aromatic heterocycles. The molecule has 0 N–H and O–H groups in total. The molecule has 0 spiro atoms. The molecule has 1 aliphatic rings. The van der Waals surface area contributed by atoms with E-state index in [9.17, 15) is 0 Å². The fourth-order valence-corrected chi connectivity index (χ4v) is 3.50. The summed E-state index contributed by atoms with van der Waals surface area (Å²) in [6.07, 6.45) is 9.71. The average molecular weight is 337 g/mol. The van der Waals surface area contributed by atoms with Crippen molar-refractivity contribution >= 4 is 0 Å². The molecule has 4 heterocycles. The second kappa shape index (κ2) is 7.14. The van der Waals surface area contributed by atoms with Gasteiger partial charge in [0.1, 0.15) is 12.4 Å². The van der Waals surface area contributed by atoms with Crippen LogP contribution in [0.5, 0.6) is 0 Å². The summed E-state index contributed by atoms with van der Waals surface area (Å²) in [5.41, 5.74) is 1.33. The fourth-order valence-electron chi connectivity index (χ4n) is 3.50. The SMILES string of the molecule is Cn1c(Cn2cccn2)nnc1C1CCN(Cc2ccncc2)CC1. The topological polar surface area (TPSA) is 64.7 Å². The Kier molecular flexibility index (Phi) is 4.56. The van der Waals surface area contributed by atoms with E-state index in [1.165, 1.54) is 5.56 Å². The van der Waals surface area contributed by atoms with Crippen LogP contribution in [-0.2, 0) is 20.1 Å². The molecule has 1 aliphatic heterocycles. The molecule has 0 saturated carbocycles. The third-order valence-corrected chi connectivity index (χ3v) is 4.97. The van der Waals surface area contributed by atoms with Crippen molar-refractivity contribution in [2.24, 2.45) is 7.05 Å². The van der Waals surface area contributed by atoms with Crippen LogP contribution in [-0.4, -0.2) is 47.5 Å². The average Bonchev–Trinajstić information content (AvgIpc) is 3.28. The number of rotatable bonds is 5. The van der Waals surface area contributed by atoms with Crippen LogP contribution in [0, 0.1) is 0 Å².